The molecule has 0 aliphatic carbocycles. The average molecular weight is 315 g/mol. The lowest BCUT2D eigenvalue weighted by Gasteiger charge is -2.01. The molecule has 0 amide bonds. The Morgan fingerprint density at radius 1 is 1.14 bits per heavy atom. The summed E-state index contributed by atoms with van der Waals surface area (Å²) in [6.07, 6.45) is 1.12. The van der Waals surface area contributed by atoms with Crippen LogP contribution in [-0.2, 0) is 13.1 Å². The zero-order valence-corrected chi connectivity index (χ0v) is 12.6. The number of aromatic nitrogens is 2. The maximum atomic E-state index is 11.3. The lowest BCUT2D eigenvalue weighted by atomic mass is 10.0. The molecule has 0 radical (unpaired) electrons. The van der Waals surface area contributed by atoms with Gasteiger partial charge in [0.1, 0.15) is 5.69 Å². The van der Waals surface area contributed by atoms with Gasteiger partial charge >= 0.3 is 5.97 Å². The van der Waals surface area contributed by atoms with Gasteiger partial charge in [0.2, 0.25) is 5.52 Å². The summed E-state index contributed by atoms with van der Waals surface area (Å²) in [7, 11) is 0. The van der Waals surface area contributed by atoms with Crippen molar-refractivity contribution in [2.24, 2.45) is 0 Å². The van der Waals surface area contributed by atoms with Crippen LogP contribution in [0.3, 0.4) is 0 Å². The minimum absolute atomic E-state index is 0. The van der Waals surface area contributed by atoms with Crippen LogP contribution in [0.5, 0.6) is 0 Å². The van der Waals surface area contributed by atoms with Gasteiger partial charge in [-0.2, -0.15) is 4.68 Å². The van der Waals surface area contributed by atoms with Crippen LogP contribution in [0.1, 0.15) is 16.8 Å². The zero-order valence-electron chi connectivity index (χ0n) is 11.9. The summed E-state index contributed by atoms with van der Waals surface area (Å²) in [5, 5.41) is 10.3. The van der Waals surface area contributed by atoms with Gasteiger partial charge in [0, 0.05) is 18.1 Å². The molecule has 0 saturated heterocycles. The third kappa shape index (κ3) is 2.07. The molecule has 0 atom stereocenters. The minimum Gasteiger partial charge on any atom is -1.00 e. The van der Waals surface area contributed by atoms with Crippen LogP contribution < -0.4 is 17.1 Å². The first-order chi connectivity index (χ1) is 10.3. The fourth-order valence-corrected chi connectivity index (χ4v) is 3.22. The van der Waals surface area contributed by atoms with E-state index in [0.717, 1.165) is 41.7 Å². The Bertz CT molecular complexity index is 856. The largest absolute Gasteiger partial charge is 1.00 e. The maximum absolute atomic E-state index is 11.3. The smallest absolute Gasteiger partial charge is 0.335 e. The van der Waals surface area contributed by atoms with Crippen molar-refractivity contribution < 1.29 is 27.0 Å². The summed E-state index contributed by atoms with van der Waals surface area (Å²) in [6.45, 7) is 1.96. The number of hydrogen-bond acceptors (Lipinski definition) is 1. The van der Waals surface area contributed by atoms with Crippen LogP contribution in [0, 0.1) is 0 Å². The van der Waals surface area contributed by atoms with Gasteiger partial charge in [-0.3, -0.25) is 0 Å². The molecule has 5 heteroatoms. The predicted molar refractivity (Wildman–Crippen MR) is 79.1 cm³/mol. The number of carbonyl (C=O) groups is 1. The number of aromatic carboxylic acids is 1. The Morgan fingerprint density at radius 2 is 1.91 bits per heavy atom. The van der Waals surface area contributed by atoms with E-state index >= 15 is 0 Å². The molecule has 22 heavy (non-hydrogen) atoms. The van der Waals surface area contributed by atoms with E-state index in [4.69, 9.17) is 0 Å². The highest BCUT2D eigenvalue weighted by atomic mass is 35.5. The van der Waals surface area contributed by atoms with Crippen molar-refractivity contribution >= 4 is 16.9 Å². The van der Waals surface area contributed by atoms with Crippen LogP contribution in [0.4, 0.5) is 0 Å². The third-order valence-corrected chi connectivity index (χ3v) is 4.11. The van der Waals surface area contributed by atoms with Crippen molar-refractivity contribution in [2.45, 2.75) is 19.5 Å². The number of hydrogen-bond donors (Lipinski definition) is 1. The van der Waals surface area contributed by atoms with Gasteiger partial charge in [0.15, 0.2) is 6.54 Å². The molecule has 0 fully saturated rings. The summed E-state index contributed by atoms with van der Waals surface area (Å²) >= 11 is 0. The SMILES string of the molecule is O=C(O)c1ccc2c(c1)c(-c1ccccc1)n1[n+]2CCC1.[Cl-]. The zero-order chi connectivity index (χ0) is 14.4. The molecule has 2 heterocycles. The van der Waals surface area contributed by atoms with Crippen LogP contribution in [-0.4, -0.2) is 15.8 Å². The molecule has 4 nitrogen and oxygen atoms in total. The van der Waals surface area contributed by atoms with Gasteiger partial charge in [0.25, 0.3) is 0 Å². The van der Waals surface area contributed by atoms with E-state index in [1.807, 2.05) is 24.3 Å². The monoisotopic (exact) mass is 314 g/mol. The molecule has 1 aliphatic rings. The lowest BCUT2D eigenvalue weighted by Crippen LogP contribution is -3.00. The maximum Gasteiger partial charge on any atom is 0.335 e. The van der Waals surface area contributed by atoms with Crippen molar-refractivity contribution in [1.82, 2.24) is 4.68 Å². The number of rotatable bonds is 2. The second-order valence-electron chi connectivity index (χ2n) is 5.35. The topological polar surface area (TPSA) is 46.1 Å². The standard InChI is InChI=1S/C17H14N2O2.ClH/c20-17(21)13-7-8-15-14(11-13)16(12-5-2-1-3-6-12)19-10-4-9-18(15)19;/h1-3,5-8,11H,4,9-10H2;1H. The van der Waals surface area contributed by atoms with Crippen molar-refractivity contribution in [3.8, 4) is 11.3 Å². The highest BCUT2D eigenvalue weighted by molar-refractivity contribution is 5.97. The van der Waals surface area contributed by atoms with E-state index in [-0.39, 0.29) is 12.4 Å². The molecule has 0 bridgehead atoms. The summed E-state index contributed by atoms with van der Waals surface area (Å²) in [4.78, 5) is 11.3. The van der Waals surface area contributed by atoms with Crippen molar-refractivity contribution in [1.29, 1.82) is 0 Å². The fourth-order valence-electron chi connectivity index (χ4n) is 3.22. The van der Waals surface area contributed by atoms with Gasteiger partial charge < -0.3 is 17.5 Å². The molecular formula is C17H15ClN2O2. The molecule has 1 aliphatic heterocycles. The molecule has 112 valence electrons. The normalized spacial score (nSPS) is 12.9. The summed E-state index contributed by atoms with van der Waals surface area (Å²) in [5.74, 6) is -0.882. The van der Waals surface area contributed by atoms with Gasteiger partial charge in [-0.05, 0) is 12.1 Å². The molecule has 0 spiro atoms. The highest BCUT2D eigenvalue weighted by Gasteiger charge is 2.29. The third-order valence-electron chi connectivity index (χ3n) is 4.11. The molecule has 1 N–H and O–H groups in total. The Balaban J connectivity index is 0.00000144. The Labute approximate surface area is 134 Å². The van der Waals surface area contributed by atoms with Gasteiger partial charge in [-0.25, -0.2) is 4.79 Å². The molecular weight excluding hydrogens is 300 g/mol. The van der Waals surface area contributed by atoms with E-state index in [1.165, 1.54) is 0 Å². The molecule has 4 rings (SSSR count). The van der Waals surface area contributed by atoms with Crippen LogP contribution in [0.25, 0.3) is 22.2 Å². The van der Waals surface area contributed by atoms with Crippen LogP contribution in [0.15, 0.2) is 48.5 Å². The predicted octanol–water partition coefficient (Wildman–Crippen LogP) is -0.298. The average Bonchev–Trinajstić information content (AvgIpc) is 3.07. The van der Waals surface area contributed by atoms with Crippen molar-refractivity contribution in [3.63, 3.8) is 0 Å². The van der Waals surface area contributed by atoms with E-state index in [9.17, 15) is 9.90 Å². The van der Waals surface area contributed by atoms with E-state index < -0.39 is 5.97 Å². The Kier molecular flexibility index (Phi) is 3.62. The van der Waals surface area contributed by atoms with Crippen molar-refractivity contribution in [2.75, 3.05) is 0 Å². The molecule has 0 saturated carbocycles. The number of halogens is 1. The summed E-state index contributed by atoms with van der Waals surface area (Å²) in [6, 6.07) is 15.6. The first-order valence-electron chi connectivity index (χ1n) is 7.11. The number of nitrogens with zero attached hydrogens (tertiary/aromatic N) is 2. The van der Waals surface area contributed by atoms with E-state index in [2.05, 4.69) is 21.5 Å². The second-order valence-corrected chi connectivity index (χ2v) is 5.35. The number of carboxylic acid groups (broad SMARTS) is 1. The Morgan fingerprint density at radius 3 is 2.64 bits per heavy atom. The fraction of sp³-hybridized carbons (Fsp3) is 0.176. The van der Waals surface area contributed by atoms with E-state index in [1.54, 1.807) is 12.1 Å². The van der Waals surface area contributed by atoms with E-state index in [0.29, 0.717) is 5.56 Å². The molecule has 1 aromatic heterocycles. The van der Waals surface area contributed by atoms with Gasteiger partial charge in [-0.1, -0.05) is 30.3 Å². The Hall–Kier alpha value is -2.33. The number of fused-ring (bicyclic) bond motifs is 3. The second kappa shape index (κ2) is 5.46. The number of aryl methyl sites for hydroxylation is 1. The quantitative estimate of drug-likeness (QED) is 0.660. The lowest BCUT2D eigenvalue weighted by molar-refractivity contribution is -0.733. The summed E-state index contributed by atoms with van der Waals surface area (Å²) < 4.78 is 4.52. The first-order valence-corrected chi connectivity index (χ1v) is 7.11. The van der Waals surface area contributed by atoms with Crippen LogP contribution >= 0.6 is 0 Å². The van der Waals surface area contributed by atoms with Gasteiger partial charge in [-0.15, -0.1) is 4.68 Å². The number of carboxylic acids is 1. The molecule has 3 aromatic rings. The minimum atomic E-state index is -0.882. The van der Waals surface area contributed by atoms with Gasteiger partial charge in [0.05, 0.1) is 17.5 Å². The van der Waals surface area contributed by atoms with Crippen molar-refractivity contribution in [3.05, 3.63) is 54.1 Å². The molecule has 2 aromatic carbocycles. The highest BCUT2D eigenvalue weighted by Crippen LogP contribution is 2.30. The molecule has 0 unspecified atom stereocenters. The van der Waals surface area contributed by atoms with Crippen LogP contribution in [0.2, 0.25) is 0 Å². The first kappa shape index (κ1) is 14.6. The number of benzene rings is 2. The summed E-state index contributed by atoms with van der Waals surface area (Å²) in [5.41, 5.74) is 3.69.